The van der Waals surface area contributed by atoms with Gasteiger partial charge in [0.1, 0.15) is 11.2 Å². The molecule has 10 aromatic rings. The molecule has 1 heterocycles. The van der Waals surface area contributed by atoms with E-state index in [1.165, 1.54) is 38.4 Å². The summed E-state index contributed by atoms with van der Waals surface area (Å²) in [5.41, 5.74) is 12.2. The third-order valence-corrected chi connectivity index (χ3v) is 10.2. The lowest BCUT2D eigenvalue weighted by Gasteiger charge is -2.26. The van der Waals surface area contributed by atoms with Crippen LogP contribution in [0.2, 0.25) is 0 Å². The number of anilines is 3. The van der Waals surface area contributed by atoms with Crippen molar-refractivity contribution >= 4 is 60.5 Å². The third kappa shape index (κ3) is 5.12. The maximum Gasteiger partial charge on any atom is 0.143 e. The summed E-state index contributed by atoms with van der Waals surface area (Å²) in [6.07, 6.45) is 0. The van der Waals surface area contributed by atoms with Gasteiger partial charge in [-0.25, -0.2) is 0 Å². The Labute approximate surface area is 302 Å². The molecule has 0 aliphatic carbocycles. The van der Waals surface area contributed by atoms with E-state index in [1.54, 1.807) is 0 Å². The molecule has 0 radical (unpaired) electrons. The van der Waals surface area contributed by atoms with Crippen LogP contribution in [0.15, 0.2) is 205 Å². The second kappa shape index (κ2) is 12.5. The second-order valence-corrected chi connectivity index (χ2v) is 13.3. The minimum absolute atomic E-state index is 0.897. The van der Waals surface area contributed by atoms with Crippen molar-refractivity contribution in [2.75, 3.05) is 4.90 Å². The number of hydrogen-bond donors (Lipinski definition) is 0. The molecule has 0 amide bonds. The van der Waals surface area contributed by atoms with Crippen LogP contribution in [0.5, 0.6) is 0 Å². The molecule has 0 fully saturated rings. The van der Waals surface area contributed by atoms with Crippen molar-refractivity contribution in [3.05, 3.63) is 200 Å². The number of rotatable bonds is 6. The van der Waals surface area contributed by atoms with E-state index in [4.69, 9.17) is 4.42 Å². The van der Waals surface area contributed by atoms with E-state index >= 15 is 0 Å². The molecule has 0 aliphatic rings. The van der Waals surface area contributed by atoms with Crippen LogP contribution in [-0.2, 0) is 0 Å². The van der Waals surface area contributed by atoms with Crippen LogP contribution >= 0.6 is 0 Å². The maximum atomic E-state index is 6.53. The molecule has 2 nitrogen and oxygen atoms in total. The predicted octanol–water partition coefficient (Wildman–Crippen LogP) is 14.4. The summed E-state index contributed by atoms with van der Waals surface area (Å²) in [5, 5.41) is 7.11. The van der Waals surface area contributed by atoms with Gasteiger partial charge in [-0.05, 0) is 104 Å². The molecule has 9 aromatic carbocycles. The third-order valence-electron chi connectivity index (χ3n) is 10.2. The van der Waals surface area contributed by atoms with Crippen LogP contribution < -0.4 is 4.90 Å². The molecular formula is C50H33NO. The fourth-order valence-electron chi connectivity index (χ4n) is 7.78. The molecule has 0 bridgehead atoms. The van der Waals surface area contributed by atoms with Gasteiger partial charge >= 0.3 is 0 Å². The van der Waals surface area contributed by atoms with Crippen molar-refractivity contribution in [2.24, 2.45) is 0 Å². The molecule has 0 unspecified atom stereocenters. The van der Waals surface area contributed by atoms with Crippen molar-refractivity contribution in [1.29, 1.82) is 0 Å². The van der Waals surface area contributed by atoms with Gasteiger partial charge in [-0.2, -0.15) is 0 Å². The molecule has 0 atom stereocenters. The highest BCUT2D eigenvalue weighted by atomic mass is 16.3. The van der Waals surface area contributed by atoms with E-state index in [-0.39, 0.29) is 0 Å². The molecular weight excluding hydrogens is 631 g/mol. The van der Waals surface area contributed by atoms with E-state index in [0.717, 1.165) is 55.5 Å². The van der Waals surface area contributed by atoms with Gasteiger partial charge in [-0.3, -0.25) is 0 Å². The normalized spacial score (nSPS) is 11.5. The van der Waals surface area contributed by atoms with Gasteiger partial charge in [-0.1, -0.05) is 146 Å². The quantitative estimate of drug-likeness (QED) is 0.176. The summed E-state index contributed by atoms with van der Waals surface area (Å²) in [4.78, 5) is 2.33. The molecule has 0 spiro atoms. The number of nitrogens with zero attached hydrogens (tertiary/aromatic N) is 1. The molecule has 52 heavy (non-hydrogen) atoms. The summed E-state index contributed by atoms with van der Waals surface area (Å²) in [6, 6.07) is 71.6. The van der Waals surface area contributed by atoms with Crippen molar-refractivity contribution in [2.45, 2.75) is 0 Å². The number of fused-ring (bicyclic) bond motifs is 6. The van der Waals surface area contributed by atoms with Crippen LogP contribution in [0.1, 0.15) is 0 Å². The minimum atomic E-state index is 0.897. The average molecular weight is 664 g/mol. The first kappa shape index (κ1) is 30.0. The molecule has 0 N–H and O–H groups in total. The number of furan rings is 1. The van der Waals surface area contributed by atoms with Gasteiger partial charge in [0, 0.05) is 33.2 Å². The minimum Gasteiger partial charge on any atom is -0.455 e. The molecule has 10 rings (SSSR count). The number of hydrogen-bond acceptors (Lipinski definition) is 2. The lowest BCUT2D eigenvalue weighted by molar-refractivity contribution is 0.673. The Morgan fingerprint density at radius 3 is 1.77 bits per heavy atom. The first-order valence-electron chi connectivity index (χ1n) is 17.8. The molecule has 0 aliphatic heterocycles. The van der Waals surface area contributed by atoms with Gasteiger partial charge in [0.15, 0.2) is 0 Å². The molecule has 0 saturated carbocycles. The monoisotopic (exact) mass is 663 g/mol. The van der Waals surface area contributed by atoms with Crippen molar-refractivity contribution in [1.82, 2.24) is 0 Å². The fraction of sp³-hybridized carbons (Fsp3) is 0. The van der Waals surface area contributed by atoms with E-state index < -0.39 is 0 Å². The first-order chi connectivity index (χ1) is 25.8. The van der Waals surface area contributed by atoms with E-state index in [2.05, 4.69) is 205 Å². The van der Waals surface area contributed by atoms with Gasteiger partial charge < -0.3 is 9.32 Å². The van der Waals surface area contributed by atoms with Crippen LogP contribution in [0.3, 0.4) is 0 Å². The van der Waals surface area contributed by atoms with Crippen molar-refractivity contribution < 1.29 is 4.42 Å². The molecule has 2 heteroatoms. The van der Waals surface area contributed by atoms with Crippen LogP contribution in [0.25, 0.3) is 76.9 Å². The number of para-hydroxylation sites is 1. The molecule has 244 valence electrons. The summed E-state index contributed by atoms with van der Waals surface area (Å²) >= 11 is 0. The number of benzene rings is 9. The van der Waals surface area contributed by atoms with Crippen molar-refractivity contribution in [3.63, 3.8) is 0 Å². The van der Waals surface area contributed by atoms with E-state index in [9.17, 15) is 0 Å². The first-order valence-corrected chi connectivity index (χ1v) is 17.8. The van der Waals surface area contributed by atoms with E-state index in [1.807, 2.05) is 0 Å². The van der Waals surface area contributed by atoms with Gasteiger partial charge in [-0.15, -0.1) is 0 Å². The Kier molecular flexibility index (Phi) is 7.18. The zero-order valence-corrected chi connectivity index (χ0v) is 28.4. The predicted molar refractivity (Wildman–Crippen MR) is 220 cm³/mol. The highest BCUT2D eigenvalue weighted by molar-refractivity contribution is 6.19. The Morgan fingerprint density at radius 1 is 0.327 bits per heavy atom. The second-order valence-electron chi connectivity index (χ2n) is 13.3. The highest BCUT2D eigenvalue weighted by Gasteiger charge is 2.17. The standard InChI is InChI=1S/C50H33NO/c1-2-18-40(19-3-1)51(41-29-26-34(27-30-41)37-15-8-16-38(32-37)44-23-10-14-35-12-4-6-21-43(35)44)42-20-9-17-39(33-42)45-24-11-25-48-49(45)47-31-28-36-13-5-7-22-46(36)50(47)52-48/h1-33H. The lowest BCUT2D eigenvalue weighted by Crippen LogP contribution is -2.09. The van der Waals surface area contributed by atoms with E-state index in [0.29, 0.717) is 0 Å². The zero-order chi connectivity index (χ0) is 34.4. The fourth-order valence-corrected chi connectivity index (χ4v) is 7.78. The maximum absolute atomic E-state index is 6.53. The lowest BCUT2D eigenvalue weighted by atomic mass is 9.95. The summed E-state index contributed by atoms with van der Waals surface area (Å²) in [6.45, 7) is 0. The Bertz CT molecular complexity index is 2900. The largest absolute Gasteiger partial charge is 0.455 e. The van der Waals surface area contributed by atoms with Gasteiger partial charge in [0.2, 0.25) is 0 Å². The SMILES string of the molecule is c1ccc(N(c2ccc(-c3cccc(-c4cccc5ccccc45)c3)cc2)c2cccc(-c3cccc4oc5c6ccccc6ccc5c34)c2)cc1. The Hall–Kier alpha value is -6.90. The average Bonchev–Trinajstić information content (AvgIpc) is 3.61. The van der Waals surface area contributed by atoms with Crippen LogP contribution in [0.4, 0.5) is 17.1 Å². The Morgan fingerprint density at radius 2 is 0.923 bits per heavy atom. The Balaban J connectivity index is 1.05. The highest BCUT2D eigenvalue weighted by Crippen LogP contribution is 2.42. The van der Waals surface area contributed by atoms with Crippen LogP contribution in [0, 0.1) is 0 Å². The molecule has 1 aromatic heterocycles. The molecule has 0 saturated heterocycles. The summed E-state index contributed by atoms with van der Waals surface area (Å²) in [7, 11) is 0. The van der Waals surface area contributed by atoms with Gasteiger partial charge in [0.05, 0.1) is 0 Å². The van der Waals surface area contributed by atoms with Crippen molar-refractivity contribution in [3.8, 4) is 33.4 Å². The van der Waals surface area contributed by atoms with Crippen LogP contribution in [-0.4, -0.2) is 0 Å². The summed E-state index contributed by atoms with van der Waals surface area (Å²) in [5.74, 6) is 0. The topological polar surface area (TPSA) is 16.4 Å². The zero-order valence-electron chi connectivity index (χ0n) is 28.4. The smallest absolute Gasteiger partial charge is 0.143 e. The van der Waals surface area contributed by atoms with Gasteiger partial charge in [0.25, 0.3) is 0 Å². The summed E-state index contributed by atoms with van der Waals surface area (Å²) < 4.78 is 6.53.